The van der Waals surface area contributed by atoms with Gasteiger partial charge in [0.2, 0.25) is 0 Å². The van der Waals surface area contributed by atoms with E-state index in [4.69, 9.17) is 5.73 Å². The zero-order chi connectivity index (χ0) is 13.8. The Balaban J connectivity index is 2.09. The van der Waals surface area contributed by atoms with Gasteiger partial charge >= 0.3 is 0 Å². The average Bonchev–Trinajstić information content (AvgIpc) is 2.88. The lowest BCUT2D eigenvalue weighted by Gasteiger charge is -2.04. The average molecular weight is 325 g/mol. The molecule has 0 fully saturated rings. The van der Waals surface area contributed by atoms with E-state index >= 15 is 0 Å². The van der Waals surface area contributed by atoms with Crippen LogP contribution in [0.2, 0.25) is 0 Å². The van der Waals surface area contributed by atoms with Crippen LogP contribution in [0.4, 0.5) is 0 Å². The van der Waals surface area contributed by atoms with Crippen LogP contribution in [-0.2, 0) is 6.42 Å². The molecule has 0 bridgehead atoms. The first-order chi connectivity index (χ1) is 9.10. The second-order valence-electron chi connectivity index (χ2n) is 4.52. The largest absolute Gasteiger partial charge is 0.392 e. The van der Waals surface area contributed by atoms with Crippen molar-refractivity contribution in [1.29, 1.82) is 0 Å². The van der Waals surface area contributed by atoms with Crippen molar-refractivity contribution in [2.75, 3.05) is 6.54 Å². The molecule has 0 saturated carbocycles. The molecule has 19 heavy (non-hydrogen) atoms. The Morgan fingerprint density at radius 3 is 2.95 bits per heavy atom. The first-order valence-electron chi connectivity index (χ1n) is 6.16. The van der Waals surface area contributed by atoms with E-state index < -0.39 is 6.10 Å². The van der Waals surface area contributed by atoms with Gasteiger partial charge in [0.25, 0.3) is 0 Å². The van der Waals surface area contributed by atoms with Crippen LogP contribution in [0.3, 0.4) is 0 Å². The minimum absolute atomic E-state index is 0.278. The molecule has 0 amide bonds. The first-order valence-corrected chi connectivity index (χ1v) is 6.95. The predicted octanol–water partition coefficient (Wildman–Crippen LogP) is 1.59. The fourth-order valence-corrected chi connectivity index (χ4v) is 1.99. The molecule has 5 nitrogen and oxygen atoms in total. The number of hydrogen-bond acceptors (Lipinski definition) is 4. The molecule has 0 radical (unpaired) electrons. The van der Waals surface area contributed by atoms with Crippen molar-refractivity contribution >= 4 is 15.9 Å². The van der Waals surface area contributed by atoms with Gasteiger partial charge in [0.15, 0.2) is 0 Å². The van der Waals surface area contributed by atoms with Crippen LogP contribution >= 0.6 is 15.9 Å². The standard InChI is InChI=1S/C13H17BrN4O/c1-9-6-11(3-5-13(9)14)18-8-10(16-17-18)2-4-12(19)7-15/h3,5-6,8,12,19H,2,4,7,15H2,1H3. The second-order valence-corrected chi connectivity index (χ2v) is 5.37. The van der Waals surface area contributed by atoms with Gasteiger partial charge in [0.05, 0.1) is 23.7 Å². The molecule has 102 valence electrons. The van der Waals surface area contributed by atoms with Crippen molar-refractivity contribution < 1.29 is 5.11 Å². The van der Waals surface area contributed by atoms with E-state index in [1.165, 1.54) is 0 Å². The van der Waals surface area contributed by atoms with Crippen LogP contribution in [0.15, 0.2) is 28.9 Å². The highest BCUT2D eigenvalue weighted by Gasteiger charge is 2.07. The van der Waals surface area contributed by atoms with Crippen LogP contribution in [-0.4, -0.2) is 32.7 Å². The third-order valence-corrected chi connectivity index (χ3v) is 3.84. The molecule has 2 rings (SSSR count). The summed E-state index contributed by atoms with van der Waals surface area (Å²) in [6.07, 6.45) is 2.69. The van der Waals surface area contributed by atoms with Crippen molar-refractivity contribution in [2.24, 2.45) is 5.73 Å². The van der Waals surface area contributed by atoms with E-state index in [0.29, 0.717) is 12.8 Å². The van der Waals surface area contributed by atoms with Gasteiger partial charge in [-0.25, -0.2) is 4.68 Å². The highest BCUT2D eigenvalue weighted by molar-refractivity contribution is 9.10. The molecular weight excluding hydrogens is 308 g/mol. The Kier molecular flexibility index (Phi) is 4.68. The third-order valence-electron chi connectivity index (χ3n) is 2.95. The predicted molar refractivity (Wildman–Crippen MR) is 77.2 cm³/mol. The number of aliphatic hydroxyl groups excluding tert-OH is 1. The summed E-state index contributed by atoms with van der Waals surface area (Å²) in [6, 6.07) is 6.01. The molecule has 1 aromatic heterocycles. The van der Waals surface area contributed by atoms with Gasteiger partial charge in [-0.1, -0.05) is 21.1 Å². The smallest absolute Gasteiger partial charge is 0.0832 e. The molecule has 1 aromatic carbocycles. The highest BCUT2D eigenvalue weighted by atomic mass is 79.9. The van der Waals surface area contributed by atoms with Crippen LogP contribution in [0.1, 0.15) is 17.7 Å². The number of hydrogen-bond donors (Lipinski definition) is 2. The summed E-state index contributed by atoms with van der Waals surface area (Å²) in [5.74, 6) is 0. The Labute approximate surface area is 120 Å². The van der Waals surface area contributed by atoms with Crippen LogP contribution < -0.4 is 5.73 Å². The van der Waals surface area contributed by atoms with Crippen molar-refractivity contribution in [3.63, 3.8) is 0 Å². The van der Waals surface area contributed by atoms with E-state index in [9.17, 15) is 5.11 Å². The molecule has 1 unspecified atom stereocenters. The molecule has 3 N–H and O–H groups in total. The van der Waals surface area contributed by atoms with Crippen LogP contribution in [0.25, 0.3) is 5.69 Å². The summed E-state index contributed by atoms with van der Waals surface area (Å²) in [7, 11) is 0. The third kappa shape index (κ3) is 3.62. The number of rotatable bonds is 5. The van der Waals surface area contributed by atoms with Crippen molar-refractivity contribution in [3.8, 4) is 5.69 Å². The van der Waals surface area contributed by atoms with Crippen molar-refractivity contribution in [1.82, 2.24) is 15.0 Å². The van der Waals surface area contributed by atoms with E-state index in [1.807, 2.05) is 31.3 Å². The zero-order valence-electron chi connectivity index (χ0n) is 10.8. The fourth-order valence-electron chi connectivity index (χ4n) is 1.74. The molecule has 2 aromatic rings. The molecule has 1 atom stereocenters. The minimum atomic E-state index is -0.472. The SMILES string of the molecule is Cc1cc(-n2cc(CCC(O)CN)nn2)ccc1Br. The Morgan fingerprint density at radius 2 is 2.26 bits per heavy atom. The van der Waals surface area contributed by atoms with E-state index in [0.717, 1.165) is 21.4 Å². The number of aromatic nitrogens is 3. The fraction of sp³-hybridized carbons (Fsp3) is 0.385. The lowest BCUT2D eigenvalue weighted by Crippen LogP contribution is -2.20. The quantitative estimate of drug-likeness (QED) is 0.875. The highest BCUT2D eigenvalue weighted by Crippen LogP contribution is 2.19. The van der Waals surface area contributed by atoms with Gasteiger partial charge in [-0.15, -0.1) is 5.10 Å². The van der Waals surface area contributed by atoms with E-state index in [1.54, 1.807) is 4.68 Å². The molecule has 0 aliphatic rings. The maximum atomic E-state index is 9.42. The van der Waals surface area contributed by atoms with Crippen LogP contribution in [0.5, 0.6) is 0 Å². The Morgan fingerprint density at radius 1 is 1.47 bits per heavy atom. The Hall–Kier alpha value is -1.24. The van der Waals surface area contributed by atoms with E-state index in [2.05, 4.69) is 26.2 Å². The Bertz CT molecular complexity index is 555. The number of nitrogens with zero attached hydrogens (tertiary/aromatic N) is 3. The number of nitrogens with two attached hydrogens (primary N) is 1. The first kappa shape index (κ1) is 14.2. The van der Waals surface area contributed by atoms with Gasteiger partial charge in [0, 0.05) is 11.0 Å². The summed E-state index contributed by atoms with van der Waals surface area (Å²) in [5.41, 5.74) is 8.34. The number of benzene rings is 1. The maximum Gasteiger partial charge on any atom is 0.0832 e. The van der Waals surface area contributed by atoms with Gasteiger partial charge in [-0.3, -0.25) is 0 Å². The number of aryl methyl sites for hydroxylation is 2. The number of halogens is 1. The molecular formula is C13H17BrN4O. The zero-order valence-corrected chi connectivity index (χ0v) is 12.3. The number of aliphatic hydroxyl groups is 1. The molecule has 1 heterocycles. The monoisotopic (exact) mass is 324 g/mol. The summed E-state index contributed by atoms with van der Waals surface area (Å²) in [6.45, 7) is 2.31. The summed E-state index contributed by atoms with van der Waals surface area (Å²) in [4.78, 5) is 0. The lowest BCUT2D eigenvalue weighted by atomic mass is 10.1. The van der Waals surface area contributed by atoms with Gasteiger partial charge in [-0.05, 0) is 43.5 Å². The molecule has 6 heteroatoms. The van der Waals surface area contributed by atoms with Crippen molar-refractivity contribution in [3.05, 3.63) is 40.1 Å². The van der Waals surface area contributed by atoms with Gasteiger partial charge in [-0.2, -0.15) is 0 Å². The second kappa shape index (κ2) is 6.27. The molecule has 0 spiro atoms. The van der Waals surface area contributed by atoms with Gasteiger partial charge in [0.1, 0.15) is 0 Å². The lowest BCUT2D eigenvalue weighted by molar-refractivity contribution is 0.173. The summed E-state index contributed by atoms with van der Waals surface area (Å²) in [5, 5.41) is 17.6. The normalized spacial score (nSPS) is 12.6. The maximum absolute atomic E-state index is 9.42. The summed E-state index contributed by atoms with van der Waals surface area (Å²) < 4.78 is 2.81. The van der Waals surface area contributed by atoms with Crippen LogP contribution in [0, 0.1) is 6.92 Å². The minimum Gasteiger partial charge on any atom is -0.392 e. The summed E-state index contributed by atoms with van der Waals surface area (Å²) >= 11 is 3.47. The molecule has 0 aliphatic heterocycles. The van der Waals surface area contributed by atoms with E-state index in [-0.39, 0.29) is 6.54 Å². The molecule has 0 aliphatic carbocycles. The van der Waals surface area contributed by atoms with Crippen molar-refractivity contribution in [2.45, 2.75) is 25.9 Å². The molecule has 0 saturated heterocycles. The van der Waals surface area contributed by atoms with Gasteiger partial charge < -0.3 is 10.8 Å². The topological polar surface area (TPSA) is 77.0 Å².